The highest BCUT2D eigenvalue weighted by Crippen LogP contribution is 2.48. The summed E-state index contributed by atoms with van der Waals surface area (Å²) in [5.74, 6) is -0.378. The summed E-state index contributed by atoms with van der Waals surface area (Å²) in [4.78, 5) is 33.9. The number of methoxy groups -OCH3 is 3. The molecule has 0 bridgehead atoms. The van der Waals surface area contributed by atoms with Gasteiger partial charge in [0.05, 0.1) is 32.6 Å². The molecule has 2 heterocycles. The van der Waals surface area contributed by atoms with Crippen LogP contribution in [0.1, 0.15) is 27.7 Å². The molecule has 1 fully saturated rings. The van der Waals surface area contributed by atoms with Gasteiger partial charge in [-0.25, -0.2) is 4.98 Å². The molecule has 0 aliphatic carbocycles. The zero-order valence-electron chi connectivity index (χ0n) is 21.6. The molecule has 38 heavy (non-hydrogen) atoms. The molecular formula is C29H26N2O6S. The van der Waals surface area contributed by atoms with E-state index < -0.39 is 17.7 Å². The van der Waals surface area contributed by atoms with Gasteiger partial charge in [0.1, 0.15) is 17.6 Å². The highest BCUT2D eigenvalue weighted by molar-refractivity contribution is 7.16. The average Bonchev–Trinajstić information content (AvgIpc) is 3.40. The maximum atomic E-state index is 13.6. The lowest BCUT2D eigenvalue weighted by atomic mass is 9.93. The van der Waals surface area contributed by atoms with Gasteiger partial charge >= 0.3 is 5.91 Å². The minimum atomic E-state index is -0.989. The van der Waals surface area contributed by atoms with Crippen LogP contribution in [0.2, 0.25) is 0 Å². The Bertz CT molecular complexity index is 1600. The number of para-hydroxylation sites is 1. The first-order valence-corrected chi connectivity index (χ1v) is 12.6. The van der Waals surface area contributed by atoms with E-state index in [1.165, 1.54) is 30.5 Å². The van der Waals surface area contributed by atoms with Crippen LogP contribution in [0.4, 0.5) is 5.13 Å². The number of aliphatic hydroxyl groups is 1. The molecule has 0 radical (unpaired) electrons. The molecule has 3 aromatic carbocycles. The fraction of sp³-hybridized carbons (Fsp3) is 0.207. The molecule has 8 nitrogen and oxygen atoms in total. The van der Waals surface area contributed by atoms with E-state index in [2.05, 4.69) is 4.98 Å². The molecule has 1 aliphatic heterocycles. The number of Topliss-reactive ketones (excluding diaryl/α,β-unsaturated/α-hetero) is 1. The number of ketones is 1. The summed E-state index contributed by atoms with van der Waals surface area (Å²) in [7, 11) is 4.59. The molecule has 5 rings (SSSR count). The smallest absolute Gasteiger partial charge is 0.301 e. The number of nitrogens with zero attached hydrogens (tertiary/aromatic N) is 2. The van der Waals surface area contributed by atoms with Crippen molar-refractivity contribution >= 4 is 44.7 Å². The fourth-order valence-electron chi connectivity index (χ4n) is 4.66. The van der Waals surface area contributed by atoms with Crippen LogP contribution in [0.25, 0.3) is 16.5 Å². The Labute approximate surface area is 223 Å². The van der Waals surface area contributed by atoms with Gasteiger partial charge in [-0.05, 0) is 48.9 Å². The van der Waals surface area contributed by atoms with Gasteiger partial charge in [-0.1, -0.05) is 30.3 Å². The topological polar surface area (TPSA) is 98.2 Å². The summed E-state index contributed by atoms with van der Waals surface area (Å²) in [5.41, 5.74) is 1.59. The largest absolute Gasteiger partial charge is 0.507 e. The minimum absolute atomic E-state index is 0.0556. The zero-order valence-corrected chi connectivity index (χ0v) is 22.4. The molecule has 1 aromatic heterocycles. The quantitative estimate of drug-likeness (QED) is 0.198. The van der Waals surface area contributed by atoms with Gasteiger partial charge in [-0.15, -0.1) is 11.3 Å². The summed E-state index contributed by atoms with van der Waals surface area (Å²) in [5, 5.41) is 13.7. The van der Waals surface area contributed by atoms with Gasteiger partial charge in [-0.3, -0.25) is 14.5 Å². The first-order chi connectivity index (χ1) is 18.3. The van der Waals surface area contributed by atoms with E-state index in [0.717, 1.165) is 21.3 Å². The summed E-state index contributed by atoms with van der Waals surface area (Å²) < 4.78 is 16.5. The normalized spacial score (nSPS) is 16.8. The van der Waals surface area contributed by atoms with E-state index in [4.69, 9.17) is 14.2 Å². The Morgan fingerprint density at radius 3 is 2.34 bits per heavy atom. The second-order valence-corrected chi connectivity index (χ2v) is 10.00. The molecule has 1 saturated heterocycles. The molecule has 194 valence electrons. The van der Waals surface area contributed by atoms with Crippen molar-refractivity contribution in [3.8, 4) is 17.2 Å². The van der Waals surface area contributed by atoms with Gasteiger partial charge in [0, 0.05) is 16.0 Å². The lowest BCUT2D eigenvalue weighted by Crippen LogP contribution is -2.29. The Balaban J connectivity index is 1.76. The first-order valence-electron chi connectivity index (χ1n) is 11.8. The molecule has 1 amide bonds. The highest BCUT2D eigenvalue weighted by atomic mass is 32.1. The van der Waals surface area contributed by atoms with Gasteiger partial charge in [0.15, 0.2) is 16.6 Å². The van der Waals surface area contributed by atoms with Crippen molar-refractivity contribution in [1.29, 1.82) is 0 Å². The van der Waals surface area contributed by atoms with Gasteiger partial charge in [-0.2, -0.15) is 0 Å². The summed E-state index contributed by atoms with van der Waals surface area (Å²) in [6, 6.07) is 15.1. The third-order valence-electron chi connectivity index (χ3n) is 6.72. The molecule has 1 N–H and O–H groups in total. The van der Waals surface area contributed by atoms with Crippen molar-refractivity contribution in [2.45, 2.75) is 19.9 Å². The summed E-state index contributed by atoms with van der Waals surface area (Å²) in [6.45, 7) is 3.75. The van der Waals surface area contributed by atoms with Crippen molar-refractivity contribution in [3.05, 3.63) is 81.9 Å². The summed E-state index contributed by atoms with van der Waals surface area (Å²) >= 11 is 1.31. The van der Waals surface area contributed by atoms with Gasteiger partial charge < -0.3 is 19.3 Å². The van der Waals surface area contributed by atoms with E-state index >= 15 is 0 Å². The maximum absolute atomic E-state index is 13.6. The average molecular weight is 531 g/mol. The number of hydrogen-bond acceptors (Lipinski definition) is 8. The van der Waals surface area contributed by atoms with Crippen LogP contribution in [0, 0.1) is 13.8 Å². The molecule has 1 unspecified atom stereocenters. The third kappa shape index (κ3) is 4.05. The molecule has 0 saturated carbocycles. The monoisotopic (exact) mass is 530 g/mol. The zero-order chi connectivity index (χ0) is 27.1. The van der Waals surface area contributed by atoms with E-state index in [1.54, 1.807) is 37.4 Å². The molecule has 9 heteroatoms. The van der Waals surface area contributed by atoms with E-state index in [1.807, 2.05) is 38.1 Å². The van der Waals surface area contributed by atoms with Crippen LogP contribution >= 0.6 is 11.3 Å². The number of carbonyl (C=O) groups excluding carboxylic acids is 2. The molecule has 1 atom stereocenters. The lowest BCUT2D eigenvalue weighted by molar-refractivity contribution is -0.132. The molecule has 4 aromatic rings. The van der Waals surface area contributed by atoms with E-state index in [-0.39, 0.29) is 11.3 Å². The fourth-order valence-corrected chi connectivity index (χ4v) is 5.60. The Morgan fingerprint density at radius 2 is 1.68 bits per heavy atom. The predicted molar refractivity (Wildman–Crippen MR) is 146 cm³/mol. The third-order valence-corrected chi connectivity index (χ3v) is 7.79. The number of aryl methyl sites for hydroxylation is 2. The number of aliphatic hydroxyl groups excluding tert-OH is 1. The number of carbonyl (C=O) groups is 2. The number of fused-ring (bicyclic) bond motifs is 1. The first kappa shape index (κ1) is 25.3. The van der Waals surface area contributed by atoms with Crippen molar-refractivity contribution in [3.63, 3.8) is 0 Å². The number of aromatic nitrogens is 1. The van der Waals surface area contributed by atoms with Crippen LogP contribution < -0.4 is 19.1 Å². The molecule has 0 spiro atoms. The van der Waals surface area contributed by atoms with Crippen molar-refractivity contribution in [1.82, 2.24) is 4.98 Å². The van der Waals surface area contributed by atoms with Gasteiger partial charge in [0.25, 0.3) is 5.78 Å². The number of amides is 1. The number of anilines is 1. The number of rotatable bonds is 6. The Morgan fingerprint density at radius 1 is 0.947 bits per heavy atom. The maximum Gasteiger partial charge on any atom is 0.301 e. The Hall–Kier alpha value is -4.37. The van der Waals surface area contributed by atoms with E-state index in [0.29, 0.717) is 33.5 Å². The molecular weight excluding hydrogens is 504 g/mol. The second-order valence-electron chi connectivity index (χ2n) is 8.82. The Kier molecular flexibility index (Phi) is 6.54. The van der Waals surface area contributed by atoms with Gasteiger partial charge in [0.2, 0.25) is 0 Å². The number of hydrogen-bond donors (Lipinski definition) is 1. The molecule has 1 aliphatic rings. The van der Waals surface area contributed by atoms with Crippen LogP contribution in [-0.2, 0) is 9.59 Å². The number of benzene rings is 3. The van der Waals surface area contributed by atoms with Crippen molar-refractivity contribution in [2.24, 2.45) is 0 Å². The predicted octanol–water partition coefficient (Wildman–Crippen LogP) is 5.57. The SMILES string of the molecule is COc1ccc2cc(/C(O)=C3\C(=O)C(=O)N(c4nc(C)c(C)s4)C3c3cccc(OC)c3OC)ccc2c1. The van der Waals surface area contributed by atoms with Crippen LogP contribution in [0.3, 0.4) is 0 Å². The minimum Gasteiger partial charge on any atom is -0.507 e. The van der Waals surface area contributed by atoms with Crippen LogP contribution in [-0.4, -0.2) is 43.1 Å². The highest BCUT2D eigenvalue weighted by Gasteiger charge is 2.49. The number of thiazole rings is 1. The van der Waals surface area contributed by atoms with E-state index in [9.17, 15) is 14.7 Å². The van der Waals surface area contributed by atoms with Crippen molar-refractivity contribution in [2.75, 3.05) is 26.2 Å². The standard InChI is InChI=1S/C29H26N2O6S/c1-15-16(2)38-29(30-15)31-24(21-7-6-8-22(36-4)27(21)37-5)23(26(33)28(31)34)25(32)19-10-9-18-14-20(35-3)12-11-17(18)13-19/h6-14,24,32H,1-5H3/b25-23+. The second kappa shape index (κ2) is 9.83. The number of ether oxygens (including phenoxy) is 3. The van der Waals surface area contributed by atoms with Crippen LogP contribution in [0.5, 0.6) is 17.2 Å². The van der Waals surface area contributed by atoms with Crippen LogP contribution in [0.15, 0.2) is 60.2 Å². The summed E-state index contributed by atoms with van der Waals surface area (Å²) in [6.07, 6.45) is 0. The lowest BCUT2D eigenvalue weighted by Gasteiger charge is -2.25. The van der Waals surface area contributed by atoms with Crippen molar-refractivity contribution < 1.29 is 28.9 Å².